The molecular weight excluding hydrogens is 509 g/mol. The highest BCUT2D eigenvalue weighted by Gasteiger charge is 2.47. The molecule has 1 aliphatic heterocycles. The number of carbonyl (C=O) groups is 1. The number of halogens is 3. The topological polar surface area (TPSA) is 95.5 Å². The van der Waals surface area contributed by atoms with Gasteiger partial charge in [-0.25, -0.2) is 15.0 Å². The molecule has 1 aliphatic carbocycles. The number of alkyl halides is 3. The molecule has 8 nitrogen and oxygen atoms in total. The van der Waals surface area contributed by atoms with Crippen molar-refractivity contribution in [2.24, 2.45) is 5.92 Å². The van der Waals surface area contributed by atoms with Crippen LogP contribution in [0.15, 0.2) is 24.5 Å². The predicted molar refractivity (Wildman–Crippen MR) is 130 cm³/mol. The van der Waals surface area contributed by atoms with Crippen molar-refractivity contribution in [2.45, 2.75) is 50.8 Å². The minimum absolute atomic E-state index is 0.00516. The number of carbonyl (C=O) groups excluding carboxylic acids is 1. The van der Waals surface area contributed by atoms with Crippen LogP contribution in [0.2, 0.25) is 0 Å². The van der Waals surface area contributed by atoms with Gasteiger partial charge in [0.25, 0.3) is 5.91 Å². The molecule has 5 rings (SSSR count). The molecule has 3 heterocycles. The van der Waals surface area contributed by atoms with Gasteiger partial charge < -0.3 is 14.2 Å². The normalized spacial score (nSPS) is 20.5. The fourth-order valence-electron chi connectivity index (χ4n) is 5.11. The van der Waals surface area contributed by atoms with Crippen LogP contribution < -0.4 is 19.5 Å². The first-order chi connectivity index (χ1) is 17.7. The molecule has 37 heavy (non-hydrogen) atoms. The summed E-state index contributed by atoms with van der Waals surface area (Å²) in [7, 11) is 2.75. The maximum absolute atomic E-state index is 13.5. The van der Waals surface area contributed by atoms with E-state index in [0.29, 0.717) is 30.0 Å². The molecule has 196 valence electrons. The van der Waals surface area contributed by atoms with Gasteiger partial charge in [0.15, 0.2) is 10.7 Å². The summed E-state index contributed by atoms with van der Waals surface area (Å²) in [6, 6.07) is 3.45. The number of nitrogens with zero attached hydrogens (tertiary/aromatic N) is 3. The van der Waals surface area contributed by atoms with Gasteiger partial charge in [0.2, 0.25) is 11.8 Å². The first-order valence-electron chi connectivity index (χ1n) is 11.9. The lowest BCUT2D eigenvalue weighted by atomic mass is 9.74. The van der Waals surface area contributed by atoms with E-state index in [1.54, 1.807) is 0 Å². The van der Waals surface area contributed by atoms with E-state index in [2.05, 4.69) is 27.2 Å². The fourth-order valence-corrected chi connectivity index (χ4v) is 6.25. The summed E-state index contributed by atoms with van der Waals surface area (Å²) in [5, 5.41) is 3.05. The Morgan fingerprint density at radius 3 is 2.62 bits per heavy atom. The Balaban J connectivity index is 1.58. The predicted octanol–water partition coefficient (Wildman–Crippen LogP) is 6.08. The molecule has 1 fully saturated rings. The summed E-state index contributed by atoms with van der Waals surface area (Å²) in [6.07, 6.45) is 0.875. The van der Waals surface area contributed by atoms with Crippen molar-refractivity contribution in [1.29, 1.82) is 0 Å². The molecule has 1 amide bonds. The van der Waals surface area contributed by atoms with Crippen LogP contribution in [0.4, 0.5) is 18.3 Å². The molecule has 1 spiro atoms. The van der Waals surface area contributed by atoms with E-state index in [-0.39, 0.29) is 28.2 Å². The van der Waals surface area contributed by atoms with E-state index >= 15 is 0 Å². The summed E-state index contributed by atoms with van der Waals surface area (Å²) in [5.41, 5.74) is -0.597. The van der Waals surface area contributed by atoms with Gasteiger partial charge in [-0.15, -0.1) is 0 Å². The van der Waals surface area contributed by atoms with Crippen LogP contribution in [0.25, 0.3) is 11.3 Å². The number of thiazole rings is 1. The highest BCUT2D eigenvalue weighted by atomic mass is 32.1. The number of hydrogen-bond donors (Lipinski definition) is 1. The summed E-state index contributed by atoms with van der Waals surface area (Å²) < 4.78 is 57.3. The van der Waals surface area contributed by atoms with Crippen molar-refractivity contribution in [3.63, 3.8) is 0 Å². The number of hydrogen-bond acceptors (Lipinski definition) is 8. The number of aromatic nitrogens is 3. The van der Waals surface area contributed by atoms with Gasteiger partial charge >= 0.3 is 6.18 Å². The van der Waals surface area contributed by atoms with Crippen molar-refractivity contribution < 1.29 is 32.2 Å². The number of amides is 1. The molecule has 12 heteroatoms. The molecule has 1 saturated carbocycles. The molecule has 2 aliphatic rings. The number of benzene rings is 1. The van der Waals surface area contributed by atoms with Crippen molar-refractivity contribution in [3.8, 4) is 28.8 Å². The summed E-state index contributed by atoms with van der Waals surface area (Å²) in [4.78, 5) is 26.6. The van der Waals surface area contributed by atoms with Crippen LogP contribution in [0, 0.1) is 5.92 Å². The zero-order valence-corrected chi connectivity index (χ0v) is 21.3. The smallest absolute Gasteiger partial charge is 0.416 e. The summed E-state index contributed by atoms with van der Waals surface area (Å²) in [5.74, 6) is 0.00588. The molecule has 2 aromatic heterocycles. The molecule has 0 saturated heterocycles. The zero-order valence-electron chi connectivity index (χ0n) is 20.4. The first-order valence-corrected chi connectivity index (χ1v) is 12.7. The molecule has 2 unspecified atom stereocenters. The average Bonchev–Trinajstić information content (AvgIpc) is 3.32. The minimum Gasteiger partial charge on any atom is -0.481 e. The van der Waals surface area contributed by atoms with Crippen molar-refractivity contribution in [2.75, 3.05) is 19.5 Å². The average molecular weight is 535 g/mol. The van der Waals surface area contributed by atoms with E-state index in [0.717, 1.165) is 36.3 Å². The lowest BCUT2D eigenvalue weighted by Crippen LogP contribution is -2.40. The third-order valence-corrected chi connectivity index (χ3v) is 8.07. The second-order valence-corrected chi connectivity index (χ2v) is 10.1. The number of rotatable bonds is 5. The lowest BCUT2D eigenvalue weighted by molar-refractivity contribution is -0.137. The van der Waals surface area contributed by atoms with Gasteiger partial charge in [-0.1, -0.05) is 31.1 Å². The first kappa shape index (κ1) is 25.2. The van der Waals surface area contributed by atoms with Crippen LogP contribution in [0.3, 0.4) is 0 Å². The monoisotopic (exact) mass is 534 g/mol. The molecule has 1 N–H and O–H groups in total. The molecule has 3 aromatic rings. The Labute approximate surface area is 215 Å². The molecule has 0 radical (unpaired) electrons. The second-order valence-electron chi connectivity index (χ2n) is 9.09. The van der Waals surface area contributed by atoms with E-state index in [9.17, 15) is 18.0 Å². The van der Waals surface area contributed by atoms with Crippen LogP contribution in [0.1, 0.15) is 59.8 Å². The number of methoxy groups -OCH3 is 2. The number of anilines is 1. The van der Waals surface area contributed by atoms with E-state index in [1.165, 1.54) is 38.0 Å². The third-order valence-electron chi connectivity index (χ3n) is 6.91. The molecule has 0 bridgehead atoms. The van der Waals surface area contributed by atoms with E-state index < -0.39 is 23.2 Å². The van der Waals surface area contributed by atoms with Crippen LogP contribution in [0.5, 0.6) is 17.5 Å². The van der Waals surface area contributed by atoms with Gasteiger partial charge in [-0.3, -0.25) is 10.1 Å². The van der Waals surface area contributed by atoms with Gasteiger partial charge in [-0.2, -0.15) is 13.2 Å². The van der Waals surface area contributed by atoms with E-state index in [4.69, 9.17) is 14.2 Å². The van der Waals surface area contributed by atoms with Crippen LogP contribution in [-0.2, 0) is 11.8 Å². The Morgan fingerprint density at radius 2 is 1.97 bits per heavy atom. The Hall–Kier alpha value is -3.41. The Bertz CT molecular complexity index is 1320. The van der Waals surface area contributed by atoms with Gasteiger partial charge in [0, 0.05) is 5.56 Å². The van der Waals surface area contributed by atoms with Crippen LogP contribution >= 0.6 is 11.3 Å². The highest BCUT2D eigenvalue weighted by molar-refractivity contribution is 7.16. The quantitative estimate of drug-likeness (QED) is 0.424. The maximum Gasteiger partial charge on any atom is 0.416 e. The van der Waals surface area contributed by atoms with Gasteiger partial charge in [0.1, 0.15) is 17.7 Å². The lowest BCUT2D eigenvalue weighted by Gasteiger charge is -2.43. The molecular formula is C25H25F3N4O4S. The number of nitrogens with one attached hydrogen (secondary N) is 1. The second kappa shape index (κ2) is 9.47. The number of ether oxygens (including phenoxy) is 3. The highest BCUT2D eigenvalue weighted by Crippen LogP contribution is 2.55. The summed E-state index contributed by atoms with van der Waals surface area (Å²) in [6.45, 7) is 2.10. The minimum atomic E-state index is -4.50. The SMILES string of the molecule is CCC1CCCC2(C1)Oc1cc(C(F)(F)F)ccc1-c1nc(NC(=O)c3c(OC)ncnc3OC)sc12. The zero-order chi connectivity index (χ0) is 26.4. The van der Waals surface area contributed by atoms with Gasteiger partial charge in [-0.05, 0) is 43.4 Å². The Morgan fingerprint density at radius 1 is 1.24 bits per heavy atom. The standard InChI is InChI=1S/C25H25F3N4O4S/c1-4-13-6-5-9-24(11-13)19-18(15-8-7-14(25(26,27)28)10-16(15)36-24)31-23(37-19)32-20(33)17-21(34-2)29-12-30-22(17)35-3/h7-8,10,12-13H,4-6,9,11H2,1-3H3,(H,31,32,33). The Kier molecular flexibility index (Phi) is 6.47. The summed E-state index contributed by atoms with van der Waals surface area (Å²) >= 11 is 1.26. The third kappa shape index (κ3) is 4.47. The largest absolute Gasteiger partial charge is 0.481 e. The van der Waals surface area contributed by atoms with E-state index in [1.807, 2.05) is 0 Å². The van der Waals surface area contributed by atoms with Crippen molar-refractivity contribution >= 4 is 22.4 Å². The van der Waals surface area contributed by atoms with Crippen LogP contribution in [-0.4, -0.2) is 35.1 Å². The van der Waals surface area contributed by atoms with Gasteiger partial charge in [0.05, 0.1) is 30.4 Å². The fraction of sp³-hybridized carbons (Fsp3) is 0.440. The molecule has 1 aromatic carbocycles. The van der Waals surface area contributed by atoms with Crippen molar-refractivity contribution in [3.05, 3.63) is 40.5 Å². The molecule has 2 atom stereocenters. The maximum atomic E-state index is 13.5. The van der Waals surface area contributed by atoms with Crippen molar-refractivity contribution in [1.82, 2.24) is 15.0 Å². The number of fused-ring (bicyclic) bond motifs is 4.